The van der Waals surface area contributed by atoms with Crippen LogP contribution in [0.1, 0.15) is 39.5 Å². The van der Waals surface area contributed by atoms with Gasteiger partial charge in [0.25, 0.3) is 0 Å². The van der Waals surface area contributed by atoms with Gasteiger partial charge >= 0.3 is 5.97 Å². The van der Waals surface area contributed by atoms with Crippen LogP contribution < -0.4 is 0 Å². The molecule has 4 heteroatoms. The van der Waals surface area contributed by atoms with Gasteiger partial charge in [0.15, 0.2) is 0 Å². The van der Waals surface area contributed by atoms with Crippen LogP contribution in [-0.2, 0) is 14.3 Å². The molecule has 1 saturated carbocycles. The van der Waals surface area contributed by atoms with Crippen molar-refractivity contribution in [3.05, 3.63) is 0 Å². The maximum absolute atomic E-state index is 11.3. The zero-order valence-corrected chi connectivity index (χ0v) is 11.0. The standard InChI is InChI=1S/C14H22O4/c1-7(2)14-13(16)9-5-8-3-4-12(15)17-10(8)6-11(9)18-14/h7-11,13-14,16H,3-6H2,1-2H3. The summed E-state index contributed by atoms with van der Waals surface area (Å²) in [6.45, 7) is 4.16. The van der Waals surface area contributed by atoms with Gasteiger partial charge in [-0.3, -0.25) is 4.79 Å². The number of esters is 1. The zero-order chi connectivity index (χ0) is 12.9. The summed E-state index contributed by atoms with van der Waals surface area (Å²) in [5.74, 6) is 0.910. The number of fused-ring (bicyclic) bond motifs is 2. The highest BCUT2D eigenvalue weighted by molar-refractivity contribution is 5.70. The van der Waals surface area contributed by atoms with Crippen LogP contribution in [0.5, 0.6) is 0 Å². The molecule has 0 bridgehead atoms. The summed E-state index contributed by atoms with van der Waals surface area (Å²) in [5, 5.41) is 10.4. The van der Waals surface area contributed by atoms with Crippen LogP contribution in [0, 0.1) is 17.8 Å². The first kappa shape index (κ1) is 12.4. The lowest BCUT2D eigenvalue weighted by atomic mass is 9.73. The molecule has 0 spiro atoms. The van der Waals surface area contributed by atoms with Gasteiger partial charge in [0, 0.05) is 18.8 Å². The molecule has 6 atom stereocenters. The van der Waals surface area contributed by atoms with Gasteiger partial charge < -0.3 is 14.6 Å². The van der Waals surface area contributed by atoms with E-state index >= 15 is 0 Å². The van der Waals surface area contributed by atoms with Gasteiger partial charge in [-0.25, -0.2) is 0 Å². The molecular weight excluding hydrogens is 232 g/mol. The number of hydrogen-bond acceptors (Lipinski definition) is 4. The van der Waals surface area contributed by atoms with Crippen molar-refractivity contribution in [1.29, 1.82) is 0 Å². The molecule has 3 aliphatic rings. The number of ether oxygens (including phenoxy) is 2. The van der Waals surface area contributed by atoms with E-state index in [0.717, 1.165) is 19.3 Å². The summed E-state index contributed by atoms with van der Waals surface area (Å²) in [7, 11) is 0. The average Bonchev–Trinajstić information content (AvgIpc) is 2.64. The van der Waals surface area contributed by atoms with Gasteiger partial charge in [0.1, 0.15) is 6.10 Å². The van der Waals surface area contributed by atoms with Crippen LogP contribution in [0.15, 0.2) is 0 Å². The molecule has 0 radical (unpaired) electrons. The smallest absolute Gasteiger partial charge is 0.306 e. The summed E-state index contributed by atoms with van der Waals surface area (Å²) < 4.78 is 11.4. The summed E-state index contributed by atoms with van der Waals surface area (Å²) in [4.78, 5) is 11.3. The van der Waals surface area contributed by atoms with Crippen molar-refractivity contribution in [1.82, 2.24) is 0 Å². The molecule has 102 valence electrons. The van der Waals surface area contributed by atoms with Crippen molar-refractivity contribution in [2.24, 2.45) is 17.8 Å². The molecule has 1 aliphatic carbocycles. The fourth-order valence-corrected chi connectivity index (χ4v) is 3.82. The van der Waals surface area contributed by atoms with Crippen LogP contribution in [-0.4, -0.2) is 35.5 Å². The zero-order valence-electron chi connectivity index (χ0n) is 11.0. The van der Waals surface area contributed by atoms with Gasteiger partial charge in [-0.2, -0.15) is 0 Å². The molecule has 18 heavy (non-hydrogen) atoms. The molecule has 0 aromatic rings. The van der Waals surface area contributed by atoms with Crippen molar-refractivity contribution in [3.63, 3.8) is 0 Å². The quantitative estimate of drug-likeness (QED) is 0.721. The van der Waals surface area contributed by atoms with Gasteiger partial charge in [0.2, 0.25) is 0 Å². The van der Waals surface area contributed by atoms with E-state index in [9.17, 15) is 9.90 Å². The van der Waals surface area contributed by atoms with Crippen molar-refractivity contribution in [2.45, 2.75) is 63.9 Å². The Morgan fingerprint density at radius 2 is 2.06 bits per heavy atom. The molecule has 6 unspecified atom stereocenters. The third kappa shape index (κ3) is 1.95. The summed E-state index contributed by atoms with van der Waals surface area (Å²) in [6, 6.07) is 0. The Hall–Kier alpha value is -0.610. The molecule has 0 amide bonds. The lowest BCUT2D eigenvalue weighted by molar-refractivity contribution is -0.166. The maximum Gasteiger partial charge on any atom is 0.306 e. The monoisotopic (exact) mass is 254 g/mol. The molecule has 0 aromatic carbocycles. The maximum atomic E-state index is 11.3. The number of carbonyl (C=O) groups excluding carboxylic acids is 1. The molecular formula is C14H22O4. The van der Waals surface area contributed by atoms with E-state index < -0.39 is 0 Å². The Morgan fingerprint density at radius 3 is 2.78 bits per heavy atom. The number of carbonyl (C=O) groups is 1. The summed E-state index contributed by atoms with van der Waals surface area (Å²) in [5.41, 5.74) is 0. The van der Waals surface area contributed by atoms with Crippen LogP contribution in [0.25, 0.3) is 0 Å². The van der Waals surface area contributed by atoms with E-state index in [0.29, 0.717) is 18.3 Å². The fourth-order valence-electron chi connectivity index (χ4n) is 3.82. The van der Waals surface area contributed by atoms with Crippen LogP contribution >= 0.6 is 0 Å². The van der Waals surface area contributed by atoms with Gasteiger partial charge in [-0.1, -0.05) is 13.8 Å². The van der Waals surface area contributed by atoms with Gasteiger partial charge in [0.05, 0.1) is 18.3 Å². The molecule has 1 N–H and O–H groups in total. The fraction of sp³-hybridized carbons (Fsp3) is 0.929. The predicted octanol–water partition coefficient (Wildman–Crippen LogP) is 1.50. The Balaban J connectivity index is 1.73. The second-order valence-electron chi connectivity index (χ2n) is 6.34. The largest absolute Gasteiger partial charge is 0.462 e. The Kier molecular flexibility index (Phi) is 3.10. The first-order valence-electron chi connectivity index (χ1n) is 7.09. The van der Waals surface area contributed by atoms with Crippen LogP contribution in [0.3, 0.4) is 0 Å². The molecule has 2 heterocycles. The molecule has 0 aromatic heterocycles. The highest BCUT2D eigenvalue weighted by Crippen LogP contribution is 2.45. The highest BCUT2D eigenvalue weighted by atomic mass is 16.6. The van der Waals surface area contributed by atoms with Crippen molar-refractivity contribution < 1.29 is 19.4 Å². The van der Waals surface area contributed by atoms with Crippen molar-refractivity contribution in [3.8, 4) is 0 Å². The summed E-state index contributed by atoms with van der Waals surface area (Å²) >= 11 is 0. The molecule has 3 rings (SSSR count). The molecule has 4 nitrogen and oxygen atoms in total. The highest BCUT2D eigenvalue weighted by Gasteiger charge is 2.51. The molecule has 2 aliphatic heterocycles. The lowest BCUT2D eigenvalue weighted by Gasteiger charge is -2.40. The Morgan fingerprint density at radius 1 is 1.28 bits per heavy atom. The first-order chi connectivity index (χ1) is 8.56. The molecule has 2 saturated heterocycles. The number of aliphatic hydroxyl groups is 1. The van der Waals surface area contributed by atoms with Crippen LogP contribution in [0.2, 0.25) is 0 Å². The average molecular weight is 254 g/mol. The number of hydrogen-bond donors (Lipinski definition) is 1. The SMILES string of the molecule is CC(C)C1OC2CC3OC(=O)CCC3CC2C1O. The number of rotatable bonds is 1. The predicted molar refractivity (Wildman–Crippen MR) is 64.8 cm³/mol. The number of aliphatic hydroxyl groups excluding tert-OH is 1. The summed E-state index contributed by atoms with van der Waals surface area (Å²) in [6.07, 6.45) is 2.82. The second-order valence-corrected chi connectivity index (χ2v) is 6.34. The van der Waals surface area contributed by atoms with E-state index in [2.05, 4.69) is 13.8 Å². The second kappa shape index (κ2) is 4.49. The lowest BCUT2D eigenvalue weighted by Crippen LogP contribution is -2.44. The first-order valence-corrected chi connectivity index (χ1v) is 7.09. The minimum atomic E-state index is -0.353. The third-order valence-electron chi connectivity index (χ3n) is 4.81. The normalized spacial score (nSPS) is 47.7. The Bertz CT molecular complexity index is 341. The van der Waals surface area contributed by atoms with E-state index in [-0.39, 0.29) is 36.3 Å². The van der Waals surface area contributed by atoms with Crippen LogP contribution in [0.4, 0.5) is 0 Å². The third-order valence-corrected chi connectivity index (χ3v) is 4.81. The van der Waals surface area contributed by atoms with E-state index in [1.165, 1.54) is 0 Å². The van der Waals surface area contributed by atoms with Gasteiger partial charge in [-0.15, -0.1) is 0 Å². The van der Waals surface area contributed by atoms with E-state index in [4.69, 9.17) is 9.47 Å². The topological polar surface area (TPSA) is 55.8 Å². The minimum absolute atomic E-state index is 0.0191. The van der Waals surface area contributed by atoms with E-state index in [1.54, 1.807) is 0 Å². The van der Waals surface area contributed by atoms with Crippen molar-refractivity contribution in [2.75, 3.05) is 0 Å². The Labute approximate surface area is 108 Å². The van der Waals surface area contributed by atoms with E-state index in [1.807, 2.05) is 0 Å². The minimum Gasteiger partial charge on any atom is -0.462 e. The van der Waals surface area contributed by atoms with Crippen molar-refractivity contribution >= 4 is 5.97 Å². The van der Waals surface area contributed by atoms with Gasteiger partial charge in [-0.05, 0) is 24.7 Å². The molecule has 3 fully saturated rings.